The van der Waals surface area contributed by atoms with Crippen molar-refractivity contribution in [3.05, 3.63) is 65.0 Å². The van der Waals surface area contributed by atoms with E-state index in [1.807, 2.05) is 31.2 Å². The lowest BCUT2D eigenvalue weighted by atomic mass is 9.99. The van der Waals surface area contributed by atoms with Crippen LogP contribution in [0, 0.1) is 6.92 Å². The van der Waals surface area contributed by atoms with E-state index in [4.69, 9.17) is 0 Å². The first-order valence-corrected chi connectivity index (χ1v) is 6.27. The lowest BCUT2D eigenvalue weighted by Gasteiger charge is -2.06. The van der Waals surface area contributed by atoms with E-state index in [1.165, 1.54) is 5.56 Å². The van der Waals surface area contributed by atoms with Crippen molar-refractivity contribution >= 4 is 5.78 Å². The molecule has 0 fully saturated rings. The maximum absolute atomic E-state index is 12.4. The number of nitrogens with zero attached hydrogens (tertiary/aromatic N) is 1. The van der Waals surface area contributed by atoms with Crippen LogP contribution in [0.4, 0.5) is 0 Å². The second-order valence-corrected chi connectivity index (χ2v) is 4.42. The van der Waals surface area contributed by atoms with Gasteiger partial charge in [0.15, 0.2) is 5.78 Å². The third kappa shape index (κ3) is 2.65. The molecular formula is C16H17NO. The Morgan fingerprint density at radius 1 is 1.22 bits per heavy atom. The Balaban J connectivity index is 2.34. The van der Waals surface area contributed by atoms with Crippen molar-refractivity contribution in [2.45, 2.75) is 26.7 Å². The zero-order chi connectivity index (χ0) is 13.0. The van der Waals surface area contributed by atoms with E-state index in [-0.39, 0.29) is 5.78 Å². The largest absolute Gasteiger partial charge is 0.289 e. The van der Waals surface area contributed by atoms with E-state index in [0.29, 0.717) is 5.56 Å². The molecule has 0 bridgehead atoms. The fourth-order valence-corrected chi connectivity index (χ4v) is 2.04. The van der Waals surface area contributed by atoms with Gasteiger partial charge in [-0.25, -0.2) is 0 Å². The average Bonchev–Trinajstić information content (AvgIpc) is 2.39. The first-order valence-electron chi connectivity index (χ1n) is 6.27. The van der Waals surface area contributed by atoms with Crippen molar-refractivity contribution in [2.24, 2.45) is 0 Å². The molecule has 1 heterocycles. The highest BCUT2D eigenvalue weighted by Gasteiger charge is 2.12. The Labute approximate surface area is 108 Å². The summed E-state index contributed by atoms with van der Waals surface area (Å²) in [5.41, 5.74) is 3.43. The molecule has 2 nitrogen and oxygen atoms in total. The number of pyridine rings is 1. The van der Waals surface area contributed by atoms with Gasteiger partial charge in [0.1, 0.15) is 0 Å². The van der Waals surface area contributed by atoms with Crippen LogP contribution < -0.4 is 0 Å². The molecule has 1 aromatic heterocycles. The minimum Gasteiger partial charge on any atom is -0.289 e. The molecular weight excluding hydrogens is 222 g/mol. The number of aromatic nitrogens is 1. The van der Waals surface area contributed by atoms with E-state index < -0.39 is 0 Å². The molecule has 0 spiro atoms. The number of rotatable bonds is 4. The first-order chi connectivity index (χ1) is 8.72. The summed E-state index contributed by atoms with van der Waals surface area (Å²) in [6.45, 7) is 4.00. The van der Waals surface area contributed by atoms with Crippen LogP contribution in [0.15, 0.2) is 42.6 Å². The van der Waals surface area contributed by atoms with Crippen LogP contribution >= 0.6 is 0 Å². The van der Waals surface area contributed by atoms with Gasteiger partial charge in [-0.3, -0.25) is 9.78 Å². The van der Waals surface area contributed by atoms with E-state index in [9.17, 15) is 4.79 Å². The second-order valence-electron chi connectivity index (χ2n) is 4.42. The fourth-order valence-electron chi connectivity index (χ4n) is 2.04. The van der Waals surface area contributed by atoms with Gasteiger partial charge in [-0.05, 0) is 37.1 Å². The predicted molar refractivity (Wildman–Crippen MR) is 72.8 cm³/mol. The molecule has 0 saturated carbocycles. The minimum atomic E-state index is 0.0542. The summed E-state index contributed by atoms with van der Waals surface area (Å²) in [4.78, 5) is 16.5. The summed E-state index contributed by atoms with van der Waals surface area (Å²) < 4.78 is 0. The fraction of sp³-hybridized carbons (Fsp3) is 0.250. The molecule has 0 unspecified atom stereocenters. The highest BCUT2D eigenvalue weighted by atomic mass is 16.1. The van der Waals surface area contributed by atoms with Crippen LogP contribution in [-0.4, -0.2) is 10.8 Å². The van der Waals surface area contributed by atoms with Crippen LogP contribution in [-0.2, 0) is 6.42 Å². The smallest absolute Gasteiger partial charge is 0.194 e. The number of ketones is 1. The van der Waals surface area contributed by atoms with E-state index in [2.05, 4.69) is 18.0 Å². The highest BCUT2D eigenvalue weighted by Crippen LogP contribution is 2.14. The molecule has 0 radical (unpaired) electrons. The van der Waals surface area contributed by atoms with Crippen LogP contribution in [0.5, 0.6) is 0 Å². The third-order valence-corrected chi connectivity index (χ3v) is 2.98. The van der Waals surface area contributed by atoms with Gasteiger partial charge >= 0.3 is 0 Å². The van der Waals surface area contributed by atoms with Gasteiger partial charge in [0.2, 0.25) is 0 Å². The number of aryl methyl sites for hydroxylation is 2. The van der Waals surface area contributed by atoms with Crippen LogP contribution in [0.3, 0.4) is 0 Å². The molecule has 0 N–H and O–H groups in total. The standard InChI is InChI=1S/C16H17NO/c1-3-6-13-7-4-8-14(11-13)16(18)15-9-5-10-17-12(15)2/h4-5,7-11H,3,6H2,1-2H3. The van der Waals surface area contributed by atoms with Crippen molar-refractivity contribution in [3.63, 3.8) is 0 Å². The number of carbonyl (C=O) groups is 1. The van der Waals surface area contributed by atoms with Crippen LogP contribution in [0.25, 0.3) is 0 Å². The summed E-state index contributed by atoms with van der Waals surface area (Å²) in [7, 11) is 0. The lowest BCUT2D eigenvalue weighted by molar-refractivity contribution is 0.103. The first kappa shape index (κ1) is 12.5. The maximum Gasteiger partial charge on any atom is 0.194 e. The molecule has 1 aromatic carbocycles. The lowest BCUT2D eigenvalue weighted by Crippen LogP contribution is -2.05. The Kier molecular flexibility index (Phi) is 3.88. The van der Waals surface area contributed by atoms with Gasteiger partial charge in [0.25, 0.3) is 0 Å². The summed E-state index contributed by atoms with van der Waals surface area (Å²) in [5, 5.41) is 0. The molecule has 0 saturated heterocycles. The van der Waals surface area contributed by atoms with Crippen molar-refractivity contribution in [2.75, 3.05) is 0 Å². The molecule has 92 valence electrons. The number of hydrogen-bond acceptors (Lipinski definition) is 2. The zero-order valence-electron chi connectivity index (χ0n) is 10.8. The average molecular weight is 239 g/mol. The number of benzene rings is 1. The molecule has 0 atom stereocenters. The Hall–Kier alpha value is -1.96. The molecule has 18 heavy (non-hydrogen) atoms. The summed E-state index contributed by atoms with van der Waals surface area (Å²) >= 11 is 0. The summed E-state index contributed by atoms with van der Waals surface area (Å²) in [6, 6.07) is 11.5. The van der Waals surface area contributed by atoms with Gasteiger partial charge in [-0.1, -0.05) is 31.5 Å². The number of hydrogen-bond donors (Lipinski definition) is 0. The molecule has 2 heteroatoms. The monoisotopic (exact) mass is 239 g/mol. The predicted octanol–water partition coefficient (Wildman–Crippen LogP) is 3.57. The maximum atomic E-state index is 12.4. The molecule has 0 amide bonds. The van der Waals surface area contributed by atoms with E-state index in [0.717, 1.165) is 24.1 Å². The topological polar surface area (TPSA) is 30.0 Å². The van der Waals surface area contributed by atoms with Gasteiger partial charge in [0, 0.05) is 23.0 Å². The van der Waals surface area contributed by atoms with Gasteiger partial charge in [-0.15, -0.1) is 0 Å². The molecule has 0 aliphatic rings. The van der Waals surface area contributed by atoms with Crippen molar-refractivity contribution in [1.82, 2.24) is 4.98 Å². The SMILES string of the molecule is CCCc1cccc(C(=O)c2cccnc2C)c1. The quantitative estimate of drug-likeness (QED) is 0.763. The molecule has 0 aliphatic carbocycles. The second kappa shape index (κ2) is 5.58. The van der Waals surface area contributed by atoms with Crippen LogP contribution in [0.2, 0.25) is 0 Å². The van der Waals surface area contributed by atoms with Crippen molar-refractivity contribution in [3.8, 4) is 0 Å². The third-order valence-electron chi connectivity index (χ3n) is 2.98. The summed E-state index contributed by atoms with van der Waals surface area (Å²) in [5.74, 6) is 0.0542. The number of carbonyl (C=O) groups excluding carboxylic acids is 1. The summed E-state index contributed by atoms with van der Waals surface area (Å²) in [6.07, 6.45) is 3.80. The Morgan fingerprint density at radius 3 is 2.78 bits per heavy atom. The van der Waals surface area contributed by atoms with Gasteiger partial charge in [-0.2, -0.15) is 0 Å². The van der Waals surface area contributed by atoms with Crippen molar-refractivity contribution in [1.29, 1.82) is 0 Å². The molecule has 2 rings (SSSR count). The normalized spacial score (nSPS) is 10.3. The molecule has 0 aliphatic heterocycles. The van der Waals surface area contributed by atoms with Gasteiger partial charge < -0.3 is 0 Å². The van der Waals surface area contributed by atoms with Gasteiger partial charge in [0.05, 0.1) is 0 Å². The highest BCUT2D eigenvalue weighted by molar-refractivity contribution is 6.09. The van der Waals surface area contributed by atoms with E-state index in [1.54, 1.807) is 12.3 Å². The minimum absolute atomic E-state index is 0.0542. The molecule has 2 aromatic rings. The van der Waals surface area contributed by atoms with E-state index >= 15 is 0 Å². The Bertz CT molecular complexity index is 561. The Morgan fingerprint density at radius 2 is 2.06 bits per heavy atom. The van der Waals surface area contributed by atoms with Crippen molar-refractivity contribution < 1.29 is 4.79 Å². The van der Waals surface area contributed by atoms with Crippen LogP contribution in [0.1, 0.15) is 40.5 Å². The zero-order valence-corrected chi connectivity index (χ0v) is 10.8.